The van der Waals surface area contributed by atoms with Crippen LogP contribution in [0.3, 0.4) is 0 Å². The maximum absolute atomic E-state index is 12.5. The molecule has 0 aliphatic carbocycles. The van der Waals surface area contributed by atoms with E-state index < -0.39 is 11.6 Å². The lowest BCUT2D eigenvalue weighted by atomic mass is 9.91. The molecule has 1 N–H and O–H groups in total. The number of piperidine rings is 1. The van der Waals surface area contributed by atoms with Crippen molar-refractivity contribution in [1.82, 2.24) is 9.47 Å². The fourth-order valence-electron chi connectivity index (χ4n) is 4.29. The summed E-state index contributed by atoms with van der Waals surface area (Å²) in [5, 5.41) is 10.5. The number of para-hydroxylation sites is 1. The van der Waals surface area contributed by atoms with E-state index in [0.29, 0.717) is 18.7 Å². The Kier molecular flexibility index (Phi) is 5.41. The van der Waals surface area contributed by atoms with Gasteiger partial charge < -0.3 is 19.3 Å². The Morgan fingerprint density at radius 3 is 2.57 bits per heavy atom. The number of carbonyl (C=O) groups excluding carboxylic acids is 1. The third-order valence-corrected chi connectivity index (χ3v) is 5.57. The number of nitrogens with zero attached hydrogens (tertiary/aromatic N) is 2. The van der Waals surface area contributed by atoms with E-state index in [4.69, 9.17) is 4.74 Å². The number of aromatic nitrogens is 1. The molecule has 0 bridgehead atoms. The summed E-state index contributed by atoms with van der Waals surface area (Å²) in [6.45, 7) is 10.9. The summed E-state index contributed by atoms with van der Waals surface area (Å²) in [7, 11) is 0. The summed E-state index contributed by atoms with van der Waals surface area (Å²) in [6, 6.07) is 7.71. The van der Waals surface area contributed by atoms with Gasteiger partial charge in [0.1, 0.15) is 5.60 Å². The smallest absolute Gasteiger partial charge is 0.410 e. The van der Waals surface area contributed by atoms with Gasteiger partial charge >= 0.3 is 12.1 Å². The van der Waals surface area contributed by atoms with E-state index in [1.54, 1.807) is 4.90 Å². The summed E-state index contributed by atoms with van der Waals surface area (Å²) >= 11 is 0. The third-order valence-electron chi connectivity index (χ3n) is 5.57. The molecule has 1 fully saturated rings. The minimum atomic E-state index is -0.904. The molecule has 1 aliphatic heterocycles. The van der Waals surface area contributed by atoms with Crippen molar-refractivity contribution in [3.8, 4) is 0 Å². The van der Waals surface area contributed by atoms with Crippen LogP contribution in [0.15, 0.2) is 24.3 Å². The first-order valence-electron chi connectivity index (χ1n) is 9.91. The highest BCUT2D eigenvalue weighted by molar-refractivity contribution is 6.05. The molecule has 1 aromatic carbocycles. The Morgan fingerprint density at radius 1 is 1.25 bits per heavy atom. The third kappa shape index (κ3) is 3.86. The van der Waals surface area contributed by atoms with Crippen molar-refractivity contribution in [3.05, 3.63) is 35.5 Å². The number of fused-ring (bicyclic) bond motifs is 1. The van der Waals surface area contributed by atoms with E-state index in [1.165, 1.54) is 0 Å². The topological polar surface area (TPSA) is 71.8 Å². The van der Waals surface area contributed by atoms with Gasteiger partial charge in [-0.3, -0.25) is 0 Å². The fourth-order valence-corrected chi connectivity index (χ4v) is 4.29. The molecule has 28 heavy (non-hydrogen) atoms. The molecule has 2 atom stereocenters. The van der Waals surface area contributed by atoms with Gasteiger partial charge in [-0.1, -0.05) is 18.2 Å². The summed E-state index contributed by atoms with van der Waals surface area (Å²) in [4.78, 5) is 26.1. The number of likely N-dealkylation sites (tertiary alicyclic amines) is 1. The minimum absolute atomic E-state index is 0.0724. The van der Waals surface area contributed by atoms with Crippen LogP contribution in [0, 0.1) is 12.8 Å². The molecule has 6 heteroatoms. The highest BCUT2D eigenvalue weighted by Crippen LogP contribution is 2.35. The molecule has 152 valence electrons. The molecule has 6 nitrogen and oxygen atoms in total. The molecule has 3 rings (SSSR count). The number of aromatic carboxylic acids is 1. The first kappa shape index (κ1) is 20.2. The van der Waals surface area contributed by atoms with Crippen LogP contribution in [0.1, 0.15) is 62.6 Å². The quantitative estimate of drug-likeness (QED) is 0.818. The number of hydrogen-bond acceptors (Lipinski definition) is 3. The van der Waals surface area contributed by atoms with Gasteiger partial charge in [0.25, 0.3) is 0 Å². The van der Waals surface area contributed by atoms with Crippen molar-refractivity contribution < 1.29 is 19.4 Å². The average molecular weight is 386 g/mol. The SMILES string of the molecule is Cc1c(C(=O)O)c2ccccc2n1C(C)C1CCCN(C(=O)OC(C)(C)C)C1. The van der Waals surface area contributed by atoms with Gasteiger partial charge in [0.15, 0.2) is 0 Å². The van der Waals surface area contributed by atoms with Crippen molar-refractivity contribution in [2.24, 2.45) is 5.92 Å². The van der Waals surface area contributed by atoms with Gasteiger partial charge in [0.2, 0.25) is 0 Å². The zero-order valence-electron chi connectivity index (χ0n) is 17.4. The van der Waals surface area contributed by atoms with Crippen LogP contribution in [-0.2, 0) is 4.74 Å². The fraction of sp³-hybridized carbons (Fsp3) is 0.545. The molecule has 1 aliphatic rings. The molecule has 2 unspecified atom stereocenters. The normalized spacial score (nSPS) is 18.9. The van der Waals surface area contributed by atoms with E-state index in [9.17, 15) is 14.7 Å². The summed E-state index contributed by atoms with van der Waals surface area (Å²) < 4.78 is 7.67. The van der Waals surface area contributed by atoms with Gasteiger partial charge in [-0.15, -0.1) is 0 Å². The van der Waals surface area contributed by atoms with Gasteiger partial charge in [-0.25, -0.2) is 9.59 Å². The standard InChI is InChI=1S/C22H30N2O4/c1-14(16-9-8-12-23(13-16)21(27)28-22(3,4)5)24-15(2)19(20(25)26)17-10-6-7-11-18(17)24/h6-7,10-11,14,16H,8-9,12-13H2,1-5H3,(H,25,26). The first-order chi connectivity index (χ1) is 13.1. The van der Waals surface area contributed by atoms with Crippen molar-refractivity contribution >= 4 is 23.0 Å². The van der Waals surface area contributed by atoms with E-state index in [2.05, 4.69) is 11.5 Å². The molecular weight excluding hydrogens is 356 g/mol. The van der Waals surface area contributed by atoms with Crippen LogP contribution < -0.4 is 0 Å². The Morgan fingerprint density at radius 2 is 1.93 bits per heavy atom. The van der Waals surface area contributed by atoms with Crippen LogP contribution >= 0.6 is 0 Å². The number of ether oxygens (including phenoxy) is 1. The summed E-state index contributed by atoms with van der Waals surface area (Å²) in [5.41, 5.74) is 1.54. The number of carbonyl (C=O) groups is 2. The van der Waals surface area contributed by atoms with Crippen molar-refractivity contribution in [1.29, 1.82) is 0 Å². The molecular formula is C22H30N2O4. The number of rotatable bonds is 3. The summed E-state index contributed by atoms with van der Waals surface area (Å²) in [6.07, 6.45) is 1.64. The minimum Gasteiger partial charge on any atom is -0.478 e. The van der Waals surface area contributed by atoms with E-state index in [1.807, 2.05) is 52.0 Å². The van der Waals surface area contributed by atoms with Gasteiger partial charge in [0.05, 0.1) is 5.56 Å². The Hall–Kier alpha value is -2.50. The van der Waals surface area contributed by atoms with Crippen LogP contribution in [0.25, 0.3) is 10.9 Å². The number of benzene rings is 1. The maximum atomic E-state index is 12.5. The van der Waals surface area contributed by atoms with E-state index in [-0.39, 0.29) is 18.1 Å². The molecule has 2 aromatic rings. The molecule has 0 spiro atoms. The van der Waals surface area contributed by atoms with Crippen LogP contribution in [-0.4, -0.2) is 45.3 Å². The predicted octanol–water partition coefficient (Wildman–Crippen LogP) is 4.86. The van der Waals surface area contributed by atoms with Gasteiger partial charge in [-0.2, -0.15) is 0 Å². The molecule has 0 radical (unpaired) electrons. The van der Waals surface area contributed by atoms with Crippen molar-refractivity contribution in [2.45, 2.75) is 59.1 Å². The Bertz CT molecular complexity index is 894. The zero-order valence-corrected chi connectivity index (χ0v) is 17.4. The van der Waals surface area contributed by atoms with Crippen LogP contribution in [0.4, 0.5) is 4.79 Å². The molecule has 0 saturated carbocycles. The summed E-state index contributed by atoms with van der Waals surface area (Å²) in [5.74, 6) is -0.670. The van der Waals surface area contributed by atoms with Crippen molar-refractivity contribution in [2.75, 3.05) is 13.1 Å². The second-order valence-electron chi connectivity index (χ2n) is 8.72. The van der Waals surface area contributed by atoms with Gasteiger partial charge in [0, 0.05) is 35.7 Å². The molecule has 2 heterocycles. The second kappa shape index (κ2) is 7.49. The molecule has 1 aromatic heterocycles. The number of carboxylic acids is 1. The van der Waals surface area contributed by atoms with E-state index in [0.717, 1.165) is 29.4 Å². The van der Waals surface area contributed by atoms with Crippen molar-refractivity contribution in [3.63, 3.8) is 0 Å². The highest BCUT2D eigenvalue weighted by Gasteiger charge is 2.32. The lowest BCUT2D eigenvalue weighted by molar-refractivity contribution is 0.0140. The zero-order chi connectivity index (χ0) is 20.6. The number of carboxylic acid groups (broad SMARTS) is 1. The first-order valence-corrected chi connectivity index (χ1v) is 9.91. The molecule has 1 amide bonds. The van der Waals surface area contributed by atoms with E-state index >= 15 is 0 Å². The lowest BCUT2D eigenvalue weighted by Crippen LogP contribution is -2.44. The maximum Gasteiger partial charge on any atom is 0.410 e. The monoisotopic (exact) mass is 386 g/mol. The second-order valence-corrected chi connectivity index (χ2v) is 8.72. The largest absolute Gasteiger partial charge is 0.478 e. The predicted molar refractivity (Wildman–Crippen MR) is 109 cm³/mol. The Labute approximate surface area is 166 Å². The number of amides is 1. The van der Waals surface area contributed by atoms with Crippen LogP contribution in [0.5, 0.6) is 0 Å². The van der Waals surface area contributed by atoms with Gasteiger partial charge in [-0.05, 0) is 59.4 Å². The number of hydrogen-bond donors (Lipinski definition) is 1. The molecule has 1 saturated heterocycles. The lowest BCUT2D eigenvalue weighted by Gasteiger charge is -2.37. The average Bonchev–Trinajstić information content (AvgIpc) is 2.91. The Balaban J connectivity index is 1.90. The van der Waals surface area contributed by atoms with Crippen LogP contribution in [0.2, 0.25) is 0 Å². The highest BCUT2D eigenvalue weighted by atomic mass is 16.6.